The molecule has 0 amide bonds. The molecule has 0 aliphatic heterocycles. The lowest BCUT2D eigenvalue weighted by Crippen LogP contribution is -2.18. The maximum atomic E-state index is 13.2. The molecule has 0 saturated carbocycles. The largest absolute Gasteiger partial charge is 0.368 e. The van der Waals surface area contributed by atoms with Gasteiger partial charge in [-0.25, -0.2) is 14.4 Å². The molecule has 0 aromatic carbocycles. The Morgan fingerprint density at radius 2 is 2.33 bits per heavy atom. The SMILES string of the molecule is CC(CCc1sccc1F)Nc1ncnc(N)n1. The lowest BCUT2D eigenvalue weighted by Gasteiger charge is -2.12. The molecular formula is C11H14FN5S. The molecule has 2 aromatic rings. The molecule has 1 unspecified atom stereocenters. The number of hydrogen-bond acceptors (Lipinski definition) is 6. The highest BCUT2D eigenvalue weighted by Crippen LogP contribution is 2.17. The number of hydrogen-bond donors (Lipinski definition) is 2. The van der Waals surface area contributed by atoms with Crippen LogP contribution in [0.3, 0.4) is 0 Å². The van der Waals surface area contributed by atoms with Crippen molar-refractivity contribution in [1.82, 2.24) is 15.0 Å². The normalized spacial score (nSPS) is 12.3. The number of aromatic nitrogens is 3. The number of nitrogens with zero attached hydrogens (tertiary/aromatic N) is 3. The van der Waals surface area contributed by atoms with E-state index in [9.17, 15) is 4.39 Å². The van der Waals surface area contributed by atoms with Crippen LogP contribution in [0.25, 0.3) is 0 Å². The molecule has 7 heteroatoms. The molecule has 2 rings (SSSR count). The minimum absolute atomic E-state index is 0.128. The van der Waals surface area contributed by atoms with Gasteiger partial charge in [0.05, 0.1) is 0 Å². The number of anilines is 2. The summed E-state index contributed by atoms with van der Waals surface area (Å²) in [5.74, 6) is 0.502. The van der Waals surface area contributed by atoms with Crippen LogP contribution in [0.2, 0.25) is 0 Å². The van der Waals surface area contributed by atoms with E-state index >= 15 is 0 Å². The quantitative estimate of drug-likeness (QED) is 0.867. The van der Waals surface area contributed by atoms with Crippen molar-refractivity contribution in [2.75, 3.05) is 11.1 Å². The molecule has 1 atom stereocenters. The number of halogens is 1. The van der Waals surface area contributed by atoms with Crippen LogP contribution in [0.15, 0.2) is 17.8 Å². The fourth-order valence-corrected chi connectivity index (χ4v) is 2.29. The minimum Gasteiger partial charge on any atom is -0.368 e. The highest BCUT2D eigenvalue weighted by Gasteiger charge is 2.08. The zero-order valence-electron chi connectivity index (χ0n) is 9.93. The lowest BCUT2D eigenvalue weighted by molar-refractivity contribution is 0.606. The van der Waals surface area contributed by atoms with E-state index in [0.29, 0.717) is 12.4 Å². The van der Waals surface area contributed by atoms with Gasteiger partial charge in [-0.3, -0.25) is 0 Å². The average Bonchev–Trinajstić information content (AvgIpc) is 2.72. The molecule has 3 N–H and O–H groups in total. The van der Waals surface area contributed by atoms with Crippen LogP contribution < -0.4 is 11.1 Å². The van der Waals surface area contributed by atoms with Crippen LogP contribution in [-0.4, -0.2) is 21.0 Å². The van der Waals surface area contributed by atoms with Gasteiger partial charge in [0.1, 0.15) is 12.1 Å². The van der Waals surface area contributed by atoms with Crippen LogP contribution in [0.4, 0.5) is 16.3 Å². The van der Waals surface area contributed by atoms with Crippen LogP contribution in [-0.2, 0) is 6.42 Å². The number of rotatable bonds is 5. The molecule has 0 aliphatic rings. The summed E-state index contributed by atoms with van der Waals surface area (Å²) in [6.45, 7) is 1.99. The second kappa shape index (κ2) is 5.72. The van der Waals surface area contributed by atoms with E-state index in [1.807, 2.05) is 6.92 Å². The maximum Gasteiger partial charge on any atom is 0.227 e. The van der Waals surface area contributed by atoms with Crippen molar-refractivity contribution >= 4 is 23.2 Å². The summed E-state index contributed by atoms with van der Waals surface area (Å²) in [5.41, 5.74) is 5.46. The fraction of sp³-hybridized carbons (Fsp3) is 0.364. The van der Waals surface area contributed by atoms with Crippen molar-refractivity contribution in [2.45, 2.75) is 25.8 Å². The van der Waals surface area contributed by atoms with Crippen LogP contribution in [0.5, 0.6) is 0 Å². The maximum absolute atomic E-state index is 13.2. The van der Waals surface area contributed by atoms with E-state index in [0.717, 1.165) is 11.3 Å². The summed E-state index contributed by atoms with van der Waals surface area (Å²) >= 11 is 1.44. The summed E-state index contributed by atoms with van der Waals surface area (Å²) in [5, 5.41) is 4.86. The highest BCUT2D eigenvalue weighted by molar-refractivity contribution is 7.09. The van der Waals surface area contributed by atoms with Crippen molar-refractivity contribution < 1.29 is 4.39 Å². The van der Waals surface area contributed by atoms with Crippen LogP contribution in [0, 0.1) is 5.82 Å². The van der Waals surface area contributed by atoms with Crippen molar-refractivity contribution in [3.05, 3.63) is 28.5 Å². The number of nitrogen functional groups attached to an aromatic ring is 1. The Morgan fingerprint density at radius 3 is 3.00 bits per heavy atom. The molecule has 96 valence electrons. The van der Waals surface area contributed by atoms with Gasteiger partial charge in [-0.1, -0.05) is 0 Å². The van der Waals surface area contributed by atoms with E-state index < -0.39 is 0 Å². The average molecular weight is 267 g/mol. The first-order valence-corrected chi connectivity index (χ1v) is 6.46. The molecule has 2 aromatic heterocycles. The third-order valence-corrected chi connectivity index (χ3v) is 3.42. The van der Waals surface area contributed by atoms with Gasteiger partial charge in [0.25, 0.3) is 0 Å². The van der Waals surface area contributed by atoms with Crippen molar-refractivity contribution in [3.63, 3.8) is 0 Å². The summed E-state index contributed by atoms with van der Waals surface area (Å²) in [6.07, 6.45) is 2.84. The Morgan fingerprint density at radius 1 is 1.50 bits per heavy atom. The standard InChI is InChI=1S/C11H14FN5S/c1-7(2-3-9-8(12)4-5-18-9)16-11-15-6-14-10(13)17-11/h4-7H,2-3H2,1H3,(H3,13,14,15,16,17). The van der Waals surface area contributed by atoms with E-state index in [4.69, 9.17) is 5.73 Å². The number of nitrogens with one attached hydrogen (secondary N) is 1. The first-order chi connectivity index (χ1) is 8.65. The molecular weight excluding hydrogens is 253 g/mol. The van der Waals surface area contributed by atoms with Gasteiger partial charge in [0, 0.05) is 10.9 Å². The predicted molar refractivity (Wildman–Crippen MR) is 69.9 cm³/mol. The van der Waals surface area contributed by atoms with E-state index in [1.165, 1.54) is 23.7 Å². The number of nitrogens with two attached hydrogens (primary N) is 1. The van der Waals surface area contributed by atoms with E-state index in [2.05, 4.69) is 20.3 Å². The summed E-state index contributed by atoms with van der Waals surface area (Å²) in [4.78, 5) is 12.4. The lowest BCUT2D eigenvalue weighted by atomic mass is 10.1. The highest BCUT2D eigenvalue weighted by atomic mass is 32.1. The Kier molecular flexibility index (Phi) is 4.03. The Hall–Kier alpha value is -1.76. The zero-order chi connectivity index (χ0) is 13.0. The molecule has 2 heterocycles. The van der Waals surface area contributed by atoms with Gasteiger partial charge in [0.2, 0.25) is 11.9 Å². The van der Waals surface area contributed by atoms with Gasteiger partial charge in [0.15, 0.2) is 0 Å². The number of thiophene rings is 1. The molecule has 0 saturated heterocycles. The van der Waals surface area contributed by atoms with Crippen molar-refractivity contribution in [3.8, 4) is 0 Å². The van der Waals surface area contributed by atoms with E-state index in [-0.39, 0.29) is 17.8 Å². The van der Waals surface area contributed by atoms with Crippen molar-refractivity contribution in [2.24, 2.45) is 0 Å². The first-order valence-electron chi connectivity index (χ1n) is 5.58. The third-order valence-electron chi connectivity index (χ3n) is 2.46. The monoisotopic (exact) mass is 267 g/mol. The second-order valence-corrected chi connectivity index (χ2v) is 4.94. The Balaban J connectivity index is 1.86. The summed E-state index contributed by atoms with van der Waals surface area (Å²) in [7, 11) is 0. The Labute approximate surface area is 108 Å². The Bertz CT molecular complexity index is 516. The third kappa shape index (κ3) is 3.36. The molecule has 0 spiro atoms. The molecule has 0 fully saturated rings. The van der Waals surface area contributed by atoms with Gasteiger partial charge in [-0.15, -0.1) is 11.3 Å². The van der Waals surface area contributed by atoms with E-state index in [1.54, 1.807) is 5.38 Å². The first kappa shape index (κ1) is 12.7. The van der Waals surface area contributed by atoms with Crippen LogP contribution in [0.1, 0.15) is 18.2 Å². The molecule has 0 bridgehead atoms. The van der Waals surface area contributed by atoms with Gasteiger partial charge >= 0.3 is 0 Å². The number of aryl methyl sites for hydroxylation is 1. The van der Waals surface area contributed by atoms with Gasteiger partial charge < -0.3 is 11.1 Å². The molecule has 0 radical (unpaired) electrons. The molecule has 0 aliphatic carbocycles. The molecule has 18 heavy (non-hydrogen) atoms. The predicted octanol–water partition coefficient (Wildman–Crippen LogP) is 2.09. The summed E-state index contributed by atoms with van der Waals surface area (Å²) < 4.78 is 13.2. The van der Waals surface area contributed by atoms with Gasteiger partial charge in [-0.05, 0) is 31.2 Å². The molecule has 5 nitrogen and oxygen atoms in total. The topological polar surface area (TPSA) is 76.7 Å². The summed E-state index contributed by atoms with van der Waals surface area (Å²) in [6, 6.07) is 1.62. The fourth-order valence-electron chi connectivity index (χ4n) is 1.52. The minimum atomic E-state index is -0.128. The second-order valence-electron chi connectivity index (χ2n) is 3.94. The zero-order valence-corrected chi connectivity index (χ0v) is 10.7. The van der Waals surface area contributed by atoms with Crippen molar-refractivity contribution in [1.29, 1.82) is 0 Å². The smallest absolute Gasteiger partial charge is 0.227 e. The van der Waals surface area contributed by atoms with Crippen LogP contribution >= 0.6 is 11.3 Å². The van der Waals surface area contributed by atoms with Gasteiger partial charge in [-0.2, -0.15) is 4.98 Å².